The number of hydrogen-bond donors (Lipinski definition) is 0. The van der Waals surface area contributed by atoms with E-state index in [-0.39, 0.29) is 6.61 Å². The number of benzene rings is 1. The molecule has 0 unspecified atom stereocenters. The van der Waals surface area contributed by atoms with E-state index in [1.807, 2.05) is 22.6 Å². The summed E-state index contributed by atoms with van der Waals surface area (Å²) in [4.78, 5) is 0. The molecule has 0 saturated carbocycles. The number of rotatable bonds is 3. The van der Waals surface area contributed by atoms with Gasteiger partial charge in [-0.3, -0.25) is 0 Å². The average molecular weight is 342 g/mol. The fourth-order valence-electron chi connectivity index (χ4n) is 1.10. The lowest BCUT2D eigenvalue weighted by atomic mass is 10.1. The van der Waals surface area contributed by atoms with Crippen molar-refractivity contribution in [3.63, 3.8) is 0 Å². The van der Waals surface area contributed by atoms with Crippen molar-refractivity contribution >= 4 is 22.6 Å². The van der Waals surface area contributed by atoms with Crippen molar-refractivity contribution in [3.8, 4) is 0 Å². The number of ether oxygens (including phenoxy) is 1. The Kier molecular flexibility index (Phi) is 4.64. The Labute approximate surface area is 105 Å². The molecule has 1 rings (SSSR count). The molecule has 0 bridgehead atoms. The number of allylic oxidation sites excluding steroid dienone is 1. The maximum absolute atomic E-state index is 12.4. The number of alkyl halides is 3. The molecule has 0 radical (unpaired) electrons. The van der Waals surface area contributed by atoms with Gasteiger partial charge in [-0.1, -0.05) is 6.08 Å². The molecule has 0 amide bonds. The monoisotopic (exact) mass is 342 g/mol. The smallest absolute Gasteiger partial charge is 0.416 e. The molecule has 0 N–H and O–H groups in total. The zero-order valence-corrected chi connectivity index (χ0v) is 10.7. The van der Waals surface area contributed by atoms with Crippen LogP contribution in [0.5, 0.6) is 0 Å². The molecule has 0 atom stereocenters. The highest BCUT2D eigenvalue weighted by molar-refractivity contribution is 14.1. The third-order valence-electron chi connectivity index (χ3n) is 1.84. The lowest BCUT2D eigenvalue weighted by molar-refractivity contribution is -0.137. The molecule has 0 saturated heterocycles. The maximum Gasteiger partial charge on any atom is 0.416 e. The van der Waals surface area contributed by atoms with Gasteiger partial charge in [0, 0.05) is 9.13 Å². The molecular weight excluding hydrogens is 332 g/mol. The van der Waals surface area contributed by atoms with E-state index in [9.17, 15) is 13.2 Å². The van der Waals surface area contributed by atoms with Gasteiger partial charge in [0.1, 0.15) is 6.61 Å². The first kappa shape index (κ1) is 13.3. The zero-order chi connectivity index (χ0) is 12.2. The minimum absolute atomic E-state index is 0.145. The SMILES string of the molecule is CC=COCc1cc(C(F)(F)F)ccc1I. The molecule has 88 valence electrons. The summed E-state index contributed by atoms with van der Waals surface area (Å²) in [6.07, 6.45) is -1.17. The third kappa shape index (κ3) is 3.70. The minimum atomic E-state index is -4.31. The summed E-state index contributed by atoms with van der Waals surface area (Å²) in [6, 6.07) is 3.63. The van der Waals surface area contributed by atoms with E-state index in [0.717, 1.165) is 15.7 Å². The first-order valence-electron chi connectivity index (χ1n) is 4.53. The van der Waals surface area contributed by atoms with Gasteiger partial charge < -0.3 is 4.74 Å². The Morgan fingerprint density at radius 3 is 2.62 bits per heavy atom. The van der Waals surface area contributed by atoms with Crippen molar-refractivity contribution in [2.24, 2.45) is 0 Å². The van der Waals surface area contributed by atoms with Gasteiger partial charge in [0.25, 0.3) is 0 Å². The molecular formula is C11H10F3IO. The Morgan fingerprint density at radius 2 is 2.06 bits per heavy atom. The zero-order valence-electron chi connectivity index (χ0n) is 8.51. The molecule has 1 nitrogen and oxygen atoms in total. The largest absolute Gasteiger partial charge is 0.497 e. The van der Waals surface area contributed by atoms with E-state index in [4.69, 9.17) is 4.74 Å². The van der Waals surface area contributed by atoms with Crippen LogP contribution < -0.4 is 0 Å². The lowest BCUT2D eigenvalue weighted by Gasteiger charge is -2.10. The second-order valence-electron chi connectivity index (χ2n) is 3.08. The summed E-state index contributed by atoms with van der Waals surface area (Å²) < 4.78 is 43.1. The highest BCUT2D eigenvalue weighted by Crippen LogP contribution is 2.31. The number of halogens is 4. The van der Waals surface area contributed by atoms with Crippen LogP contribution in [0.4, 0.5) is 13.2 Å². The summed E-state index contributed by atoms with van der Waals surface area (Å²) >= 11 is 1.99. The fraction of sp³-hybridized carbons (Fsp3) is 0.273. The van der Waals surface area contributed by atoms with Crippen molar-refractivity contribution in [1.82, 2.24) is 0 Å². The van der Waals surface area contributed by atoms with Crippen molar-refractivity contribution in [2.45, 2.75) is 19.7 Å². The molecule has 0 aliphatic carbocycles. The van der Waals surface area contributed by atoms with Crippen LogP contribution in [-0.4, -0.2) is 0 Å². The quantitative estimate of drug-likeness (QED) is 0.586. The van der Waals surface area contributed by atoms with Crippen LogP contribution in [-0.2, 0) is 17.5 Å². The highest BCUT2D eigenvalue weighted by atomic mass is 127. The average Bonchev–Trinajstić information content (AvgIpc) is 2.19. The van der Waals surface area contributed by atoms with Crippen LogP contribution in [0.2, 0.25) is 0 Å². The van der Waals surface area contributed by atoms with Crippen LogP contribution in [0.1, 0.15) is 18.1 Å². The van der Waals surface area contributed by atoms with Crippen molar-refractivity contribution in [3.05, 3.63) is 45.2 Å². The molecule has 1 aromatic rings. The van der Waals surface area contributed by atoms with Gasteiger partial charge in [0.05, 0.1) is 11.8 Å². The highest BCUT2D eigenvalue weighted by Gasteiger charge is 2.30. The summed E-state index contributed by atoms with van der Waals surface area (Å²) in [5.74, 6) is 0. The standard InChI is InChI=1S/C11H10F3IO/c1-2-5-16-7-8-6-9(11(12,13)14)3-4-10(8)15/h2-6H,7H2,1H3. The van der Waals surface area contributed by atoms with Gasteiger partial charge in [-0.2, -0.15) is 13.2 Å². The molecule has 1 aromatic carbocycles. The topological polar surface area (TPSA) is 9.23 Å². The van der Waals surface area contributed by atoms with Crippen molar-refractivity contribution in [2.75, 3.05) is 0 Å². The molecule has 0 aliphatic heterocycles. The molecule has 0 spiro atoms. The second-order valence-corrected chi connectivity index (χ2v) is 4.25. The van der Waals surface area contributed by atoms with Gasteiger partial charge in [-0.15, -0.1) is 0 Å². The fourth-order valence-corrected chi connectivity index (χ4v) is 1.59. The summed E-state index contributed by atoms with van der Waals surface area (Å²) in [6.45, 7) is 1.92. The Balaban J connectivity index is 2.91. The van der Waals surface area contributed by atoms with Gasteiger partial charge >= 0.3 is 6.18 Å². The lowest BCUT2D eigenvalue weighted by Crippen LogP contribution is -2.06. The third-order valence-corrected chi connectivity index (χ3v) is 2.90. The van der Waals surface area contributed by atoms with E-state index in [1.54, 1.807) is 13.0 Å². The normalized spacial score (nSPS) is 12.1. The van der Waals surface area contributed by atoms with Crippen LogP contribution in [0, 0.1) is 3.57 Å². The van der Waals surface area contributed by atoms with Gasteiger partial charge in [-0.05, 0) is 47.7 Å². The van der Waals surface area contributed by atoms with Gasteiger partial charge in [-0.25, -0.2) is 0 Å². The van der Waals surface area contributed by atoms with Crippen molar-refractivity contribution in [1.29, 1.82) is 0 Å². The number of hydrogen-bond acceptors (Lipinski definition) is 1. The molecule has 0 heterocycles. The maximum atomic E-state index is 12.4. The predicted molar refractivity (Wildman–Crippen MR) is 63.8 cm³/mol. The van der Waals surface area contributed by atoms with Crippen LogP contribution >= 0.6 is 22.6 Å². The van der Waals surface area contributed by atoms with Crippen LogP contribution in [0.25, 0.3) is 0 Å². The summed E-state index contributed by atoms with van der Waals surface area (Å²) in [5.41, 5.74) is -0.111. The first-order valence-corrected chi connectivity index (χ1v) is 5.61. The van der Waals surface area contributed by atoms with E-state index in [2.05, 4.69) is 0 Å². The molecule has 16 heavy (non-hydrogen) atoms. The van der Waals surface area contributed by atoms with Gasteiger partial charge in [0.2, 0.25) is 0 Å². The minimum Gasteiger partial charge on any atom is -0.497 e. The van der Waals surface area contributed by atoms with E-state index >= 15 is 0 Å². The van der Waals surface area contributed by atoms with E-state index < -0.39 is 11.7 Å². The van der Waals surface area contributed by atoms with E-state index in [1.165, 1.54) is 12.3 Å². The van der Waals surface area contributed by atoms with Crippen molar-refractivity contribution < 1.29 is 17.9 Å². The molecule has 0 fully saturated rings. The van der Waals surface area contributed by atoms with E-state index in [0.29, 0.717) is 5.56 Å². The Bertz CT molecular complexity index is 385. The summed E-state index contributed by atoms with van der Waals surface area (Å²) in [5, 5.41) is 0. The second kappa shape index (κ2) is 5.56. The predicted octanol–water partition coefficient (Wildman–Crippen LogP) is 4.36. The molecule has 5 heteroatoms. The Morgan fingerprint density at radius 1 is 1.38 bits per heavy atom. The Hall–Kier alpha value is -0.720. The van der Waals surface area contributed by atoms with Gasteiger partial charge in [0.15, 0.2) is 0 Å². The molecule has 0 aliphatic rings. The molecule has 0 aromatic heterocycles. The first-order chi connectivity index (χ1) is 7.45. The summed E-state index contributed by atoms with van der Waals surface area (Å²) in [7, 11) is 0. The van der Waals surface area contributed by atoms with Crippen LogP contribution in [0.3, 0.4) is 0 Å². The van der Waals surface area contributed by atoms with Crippen LogP contribution in [0.15, 0.2) is 30.5 Å².